The van der Waals surface area contributed by atoms with Crippen LogP contribution in [0.2, 0.25) is 0 Å². The predicted molar refractivity (Wildman–Crippen MR) is 125 cm³/mol. The summed E-state index contributed by atoms with van der Waals surface area (Å²) in [5.41, 5.74) is 5.47. The Labute approximate surface area is 183 Å². The van der Waals surface area contributed by atoms with Gasteiger partial charge in [0.25, 0.3) is 0 Å². The Kier molecular flexibility index (Phi) is 7.58. The van der Waals surface area contributed by atoms with Gasteiger partial charge in [-0.2, -0.15) is 0 Å². The van der Waals surface area contributed by atoms with Gasteiger partial charge in [-0.3, -0.25) is 0 Å². The molecule has 0 saturated carbocycles. The topological polar surface area (TPSA) is 29.4 Å². The fourth-order valence-corrected chi connectivity index (χ4v) is 5.26. The summed E-state index contributed by atoms with van der Waals surface area (Å²) in [6.07, 6.45) is 4.32. The van der Waals surface area contributed by atoms with Crippen LogP contribution in [-0.2, 0) is 4.79 Å². The SMILES string of the molecule is Cc1ccc([Te]C(=Nc2c(C)cccc2C)C(=O)C/C=C/c2ccccc2)cc1. The molecule has 0 unspecified atom stereocenters. The maximum atomic E-state index is 13.1. The number of nitrogens with zero attached hydrogens (tertiary/aromatic N) is 1. The van der Waals surface area contributed by atoms with Gasteiger partial charge in [-0.05, 0) is 0 Å². The first kappa shape index (κ1) is 21.2. The molecule has 0 atom stereocenters. The van der Waals surface area contributed by atoms with E-state index in [4.69, 9.17) is 4.99 Å². The van der Waals surface area contributed by atoms with E-state index in [0.717, 1.165) is 26.1 Å². The monoisotopic (exact) mass is 497 g/mol. The van der Waals surface area contributed by atoms with E-state index in [1.54, 1.807) is 0 Å². The summed E-state index contributed by atoms with van der Waals surface area (Å²) in [5.74, 6) is 0.114. The minimum atomic E-state index is -0.865. The van der Waals surface area contributed by atoms with Crippen molar-refractivity contribution >= 4 is 45.8 Å². The molecule has 0 N–H and O–H groups in total. The van der Waals surface area contributed by atoms with E-state index in [1.165, 1.54) is 9.17 Å². The number of aliphatic imine (C=N–C) groups is 1. The molecular weight excluding hydrogens is 470 g/mol. The predicted octanol–water partition coefficient (Wildman–Crippen LogP) is 5.34. The Morgan fingerprint density at radius 1 is 0.862 bits per heavy atom. The summed E-state index contributed by atoms with van der Waals surface area (Å²) in [5, 5.41) is 0. The molecule has 0 saturated heterocycles. The van der Waals surface area contributed by atoms with Crippen molar-refractivity contribution in [1.82, 2.24) is 0 Å². The van der Waals surface area contributed by atoms with E-state index in [0.29, 0.717) is 6.42 Å². The third-order valence-electron chi connectivity index (χ3n) is 4.54. The third kappa shape index (κ3) is 6.26. The molecule has 3 aromatic rings. The van der Waals surface area contributed by atoms with Crippen LogP contribution in [-0.4, -0.2) is 30.5 Å². The van der Waals surface area contributed by atoms with Gasteiger partial charge in [0, 0.05) is 0 Å². The van der Waals surface area contributed by atoms with E-state index in [-0.39, 0.29) is 5.78 Å². The Balaban J connectivity index is 1.87. The van der Waals surface area contributed by atoms with E-state index in [9.17, 15) is 4.79 Å². The van der Waals surface area contributed by atoms with Gasteiger partial charge in [0.05, 0.1) is 0 Å². The Morgan fingerprint density at radius 2 is 1.52 bits per heavy atom. The molecule has 29 heavy (non-hydrogen) atoms. The number of aryl methyl sites for hydroxylation is 3. The zero-order valence-electron chi connectivity index (χ0n) is 17.1. The number of benzene rings is 3. The average molecular weight is 495 g/mol. The summed E-state index contributed by atoms with van der Waals surface area (Å²) >= 11 is -0.865. The van der Waals surface area contributed by atoms with Crippen molar-refractivity contribution in [2.24, 2.45) is 4.99 Å². The van der Waals surface area contributed by atoms with Gasteiger partial charge >= 0.3 is 184 Å². The number of rotatable bonds is 7. The van der Waals surface area contributed by atoms with Crippen LogP contribution in [0.3, 0.4) is 0 Å². The Bertz CT molecular complexity index is 1010. The van der Waals surface area contributed by atoms with Gasteiger partial charge in [-0.1, -0.05) is 0 Å². The molecule has 146 valence electrons. The normalized spacial score (nSPS) is 11.8. The number of hydrogen-bond donors (Lipinski definition) is 0. The zero-order valence-corrected chi connectivity index (χ0v) is 19.4. The van der Waals surface area contributed by atoms with Crippen LogP contribution >= 0.6 is 0 Å². The van der Waals surface area contributed by atoms with E-state index >= 15 is 0 Å². The molecule has 3 rings (SSSR count). The van der Waals surface area contributed by atoms with Crippen LogP contribution in [0.1, 0.15) is 28.7 Å². The Hall–Kier alpha value is -2.47. The second kappa shape index (κ2) is 10.3. The first-order chi connectivity index (χ1) is 14.0. The van der Waals surface area contributed by atoms with Crippen LogP contribution in [0.5, 0.6) is 0 Å². The number of hydrogen-bond acceptors (Lipinski definition) is 2. The standard InChI is InChI=1S/C26H25NOTe/c1-19-15-17-23(18-16-19)29-26(27-25-20(2)9-7-10-21(25)3)24(28)14-8-13-22-11-5-4-6-12-22/h4-13,15-18H,14H2,1-3H3/b13-8+,27-26?. The van der Waals surface area contributed by atoms with Gasteiger partial charge in [-0.25, -0.2) is 0 Å². The van der Waals surface area contributed by atoms with Crippen LogP contribution in [0, 0.1) is 20.8 Å². The number of Topliss-reactive ketones (excluding diaryl/α,β-unsaturated/α-hetero) is 1. The average Bonchev–Trinajstić information content (AvgIpc) is 2.72. The van der Waals surface area contributed by atoms with Gasteiger partial charge in [0.2, 0.25) is 0 Å². The van der Waals surface area contributed by atoms with Crippen molar-refractivity contribution in [1.29, 1.82) is 0 Å². The Morgan fingerprint density at radius 3 is 2.17 bits per heavy atom. The first-order valence-corrected chi connectivity index (χ1v) is 12.0. The second-order valence-electron chi connectivity index (χ2n) is 7.01. The van der Waals surface area contributed by atoms with E-state index in [1.807, 2.05) is 48.6 Å². The van der Waals surface area contributed by atoms with Crippen molar-refractivity contribution in [2.75, 3.05) is 0 Å². The van der Waals surface area contributed by atoms with E-state index in [2.05, 4.69) is 57.2 Å². The maximum absolute atomic E-state index is 13.1. The molecule has 2 nitrogen and oxygen atoms in total. The molecule has 0 aliphatic heterocycles. The zero-order chi connectivity index (χ0) is 20.6. The van der Waals surface area contributed by atoms with E-state index < -0.39 is 20.9 Å². The van der Waals surface area contributed by atoms with Crippen molar-refractivity contribution < 1.29 is 4.79 Å². The van der Waals surface area contributed by atoms with Crippen LogP contribution < -0.4 is 3.61 Å². The molecule has 0 aromatic heterocycles. The van der Waals surface area contributed by atoms with Gasteiger partial charge < -0.3 is 0 Å². The number of para-hydroxylation sites is 1. The molecule has 0 aliphatic rings. The summed E-state index contributed by atoms with van der Waals surface area (Å²) in [7, 11) is 0. The molecule has 0 fully saturated rings. The summed E-state index contributed by atoms with van der Waals surface area (Å²) < 4.78 is 1.96. The van der Waals surface area contributed by atoms with Crippen molar-refractivity contribution in [3.05, 3.63) is 101 Å². The second-order valence-corrected chi connectivity index (χ2v) is 10.0. The molecule has 0 bridgehead atoms. The first-order valence-electron chi connectivity index (χ1n) is 9.67. The molecule has 0 heterocycles. The van der Waals surface area contributed by atoms with Gasteiger partial charge in [-0.15, -0.1) is 0 Å². The molecule has 3 aromatic carbocycles. The summed E-state index contributed by atoms with van der Waals surface area (Å²) in [6, 6.07) is 24.7. The molecule has 0 amide bonds. The quantitative estimate of drug-likeness (QED) is 0.322. The third-order valence-corrected chi connectivity index (χ3v) is 7.45. The van der Waals surface area contributed by atoms with Gasteiger partial charge in [0.15, 0.2) is 0 Å². The number of carbonyl (C=O) groups is 1. The molecule has 0 spiro atoms. The number of ketones is 1. The van der Waals surface area contributed by atoms with Gasteiger partial charge in [0.1, 0.15) is 0 Å². The summed E-state index contributed by atoms with van der Waals surface area (Å²) in [6.45, 7) is 6.18. The molecular formula is C26H25NOTe. The molecule has 0 aliphatic carbocycles. The van der Waals surface area contributed by atoms with Crippen molar-refractivity contribution in [3.8, 4) is 0 Å². The van der Waals surface area contributed by atoms with Crippen LogP contribution in [0.4, 0.5) is 5.69 Å². The molecule has 3 heteroatoms. The fraction of sp³-hybridized carbons (Fsp3) is 0.154. The van der Waals surface area contributed by atoms with Crippen LogP contribution in [0.25, 0.3) is 6.08 Å². The van der Waals surface area contributed by atoms with Crippen molar-refractivity contribution in [3.63, 3.8) is 0 Å². The number of carbonyl (C=O) groups excluding carboxylic acids is 1. The fourth-order valence-electron chi connectivity index (χ4n) is 2.90. The minimum absolute atomic E-state index is 0.114. The van der Waals surface area contributed by atoms with Crippen molar-refractivity contribution in [2.45, 2.75) is 27.2 Å². The number of allylic oxidation sites excluding steroid dienone is 1. The summed E-state index contributed by atoms with van der Waals surface area (Å²) in [4.78, 5) is 18.0. The molecule has 0 radical (unpaired) electrons. The van der Waals surface area contributed by atoms with Crippen LogP contribution in [0.15, 0.2) is 83.9 Å².